The molecule has 2 aliphatic rings. The summed E-state index contributed by atoms with van der Waals surface area (Å²) < 4.78 is 13.5. The molecule has 0 radical (unpaired) electrons. The third-order valence-corrected chi connectivity index (χ3v) is 6.52. The summed E-state index contributed by atoms with van der Waals surface area (Å²) in [4.78, 5) is 28.9. The molecule has 0 aliphatic carbocycles. The summed E-state index contributed by atoms with van der Waals surface area (Å²) in [5, 5.41) is 0. The molecule has 0 unspecified atom stereocenters. The lowest BCUT2D eigenvalue weighted by Crippen LogP contribution is -2.55. The number of hydrogen-bond acceptors (Lipinski definition) is 3. The molecule has 2 heterocycles. The zero-order chi connectivity index (χ0) is 18.2. The Hall–Kier alpha value is -1.56. The van der Waals surface area contributed by atoms with Crippen LogP contribution in [0.1, 0.15) is 44.0 Å². The van der Waals surface area contributed by atoms with E-state index >= 15 is 0 Å². The van der Waals surface area contributed by atoms with Crippen LogP contribution in [0.5, 0.6) is 0 Å². The Bertz CT molecular complexity index is 678. The molecule has 25 heavy (non-hydrogen) atoms. The first kappa shape index (κ1) is 18.2. The average molecular weight is 364 g/mol. The fourth-order valence-electron chi connectivity index (χ4n) is 3.62. The van der Waals surface area contributed by atoms with Gasteiger partial charge < -0.3 is 9.80 Å². The molecule has 2 saturated heterocycles. The van der Waals surface area contributed by atoms with Crippen molar-refractivity contribution in [3.63, 3.8) is 0 Å². The number of carbonyl (C=O) groups excluding carboxylic acids is 2. The van der Waals surface area contributed by atoms with Crippen molar-refractivity contribution in [1.82, 2.24) is 9.80 Å². The van der Waals surface area contributed by atoms with Crippen molar-refractivity contribution in [2.75, 3.05) is 25.4 Å². The number of amides is 2. The number of hydrogen-bond donors (Lipinski definition) is 0. The van der Waals surface area contributed by atoms with Crippen molar-refractivity contribution in [3.05, 3.63) is 35.6 Å². The number of likely N-dealkylation sites (tertiary alicyclic amines) is 1. The number of halogens is 1. The number of thioether (sulfide) groups is 1. The number of rotatable bonds is 1. The highest BCUT2D eigenvalue weighted by Crippen LogP contribution is 2.45. The van der Waals surface area contributed by atoms with Gasteiger partial charge in [0.2, 0.25) is 5.91 Å². The Labute approximate surface area is 152 Å². The second kappa shape index (κ2) is 6.63. The van der Waals surface area contributed by atoms with Crippen molar-refractivity contribution >= 4 is 23.6 Å². The summed E-state index contributed by atoms with van der Waals surface area (Å²) in [6.07, 6.45) is 1.53. The lowest BCUT2D eigenvalue weighted by Gasteiger charge is -2.45. The van der Waals surface area contributed by atoms with E-state index in [1.165, 1.54) is 12.1 Å². The minimum Gasteiger partial charge on any atom is -0.342 e. The van der Waals surface area contributed by atoms with Crippen LogP contribution >= 0.6 is 11.8 Å². The predicted molar refractivity (Wildman–Crippen MR) is 97.9 cm³/mol. The quantitative estimate of drug-likeness (QED) is 0.767. The molecule has 0 bridgehead atoms. The van der Waals surface area contributed by atoms with E-state index in [1.807, 2.05) is 30.6 Å². The van der Waals surface area contributed by atoms with E-state index in [0.29, 0.717) is 25.2 Å². The molecule has 1 aromatic rings. The van der Waals surface area contributed by atoms with Crippen LogP contribution in [0.2, 0.25) is 0 Å². The zero-order valence-corrected chi connectivity index (χ0v) is 15.9. The monoisotopic (exact) mass is 364 g/mol. The van der Waals surface area contributed by atoms with Crippen molar-refractivity contribution in [2.24, 2.45) is 5.41 Å². The second-order valence-corrected chi connectivity index (χ2v) is 9.26. The fraction of sp³-hybridized carbons (Fsp3) is 0.579. The van der Waals surface area contributed by atoms with Gasteiger partial charge in [0, 0.05) is 36.4 Å². The maximum Gasteiger partial charge on any atom is 0.255 e. The molecule has 0 aromatic heterocycles. The normalized spacial score (nSPS) is 20.2. The lowest BCUT2D eigenvalue weighted by molar-refractivity contribution is -0.141. The third kappa shape index (κ3) is 3.54. The van der Waals surface area contributed by atoms with E-state index in [0.717, 1.165) is 18.6 Å². The molecule has 1 aromatic carbocycles. The Balaban J connectivity index is 1.74. The van der Waals surface area contributed by atoms with Crippen molar-refractivity contribution in [1.29, 1.82) is 0 Å². The molecular formula is C19H25FN2O2S. The molecule has 136 valence electrons. The Kier molecular flexibility index (Phi) is 4.84. The van der Waals surface area contributed by atoms with Crippen LogP contribution in [-0.2, 0) is 4.79 Å². The van der Waals surface area contributed by atoms with Gasteiger partial charge in [-0.3, -0.25) is 9.59 Å². The average Bonchev–Trinajstić information content (AvgIpc) is 2.96. The molecule has 3 rings (SSSR count). The molecule has 6 heteroatoms. The van der Waals surface area contributed by atoms with Crippen molar-refractivity contribution in [3.8, 4) is 0 Å². The van der Waals surface area contributed by atoms with Gasteiger partial charge in [0.15, 0.2) is 0 Å². The van der Waals surface area contributed by atoms with Crippen LogP contribution in [0.25, 0.3) is 0 Å². The van der Waals surface area contributed by atoms with Gasteiger partial charge in [-0.1, -0.05) is 26.8 Å². The SMILES string of the molecule is CC(C)(C)C(=O)N1CCC2(CC1)SCCN2C(=O)c1cccc(F)c1. The van der Waals surface area contributed by atoms with Crippen molar-refractivity contribution in [2.45, 2.75) is 38.5 Å². The van der Waals surface area contributed by atoms with Gasteiger partial charge >= 0.3 is 0 Å². The van der Waals surface area contributed by atoms with Crippen LogP contribution < -0.4 is 0 Å². The first-order chi connectivity index (χ1) is 11.7. The topological polar surface area (TPSA) is 40.6 Å². The van der Waals surface area contributed by atoms with Gasteiger partial charge in [0.05, 0.1) is 4.87 Å². The number of nitrogens with zero attached hydrogens (tertiary/aromatic N) is 2. The number of benzene rings is 1. The van der Waals surface area contributed by atoms with Gasteiger partial charge in [-0.15, -0.1) is 11.8 Å². The fourth-order valence-corrected chi connectivity index (χ4v) is 5.08. The first-order valence-corrected chi connectivity index (χ1v) is 9.72. The second-order valence-electron chi connectivity index (χ2n) is 7.80. The Morgan fingerprint density at radius 2 is 1.84 bits per heavy atom. The van der Waals surface area contributed by atoms with Gasteiger partial charge in [-0.25, -0.2) is 4.39 Å². The first-order valence-electron chi connectivity index (χ1n) is 8.74. The Morgan fingerprint density at radius 3 is 2.44 bits per heavy atom. The van der Waals surface area contributed by atoms with Crippen LogP contribution in [0, 0.1) is 11.2 Å². The smallest absolute Gasteiger partial charge is 0.255 e. The third-order valence-electron chi connectivity index (χ3n) is 4.97. The van der Waals surface area contributed by atoms with Crippen LogP contribution in [0.4, 0.5) is 4.39 Å². The number of carbonyl (C=O) groups is 2. The summed E-state index contributed by atoms with van der Waals surface area (Å²) in [5.74, 6) is 0.541. The summed E-state index contributed by atoms with van der Waals surface area (Å²) in [5.41, 5.74) is 0.0137. The highest BCUT2D eigenvalue weighted by Gasteiger charge is 2.47. The lowest BCUT2D eigenvalue weighted by atomic mass is 9.92. The number of piperidine rings is 1. The van der Waals surface area contributed by atoms with E-state index in [-0.39, 0.29) is 22.1 Å². The van der Waals surface area contributed by atoms with E-state index in [2.05, 4.69) is 0 Å². The summed E-state index contributed by atoms with van der Waals surface area (Å²) >= 11 is 1.80. The van der Waals surface area contributed by atoms with Crippen LogP contribution in [-0.4, -0.2) is 51.9 Å². The maximum atomic E-state index is 13.5. The van der Waals surface area contributed by atoms with Gasteiger partial charge in [0.1, 0.15) is 5.82 Å². The zero-order valence-electron chi connectivity index (χ0n) is 15.0. The largest absolute Gasteiger partial charge is 0.342 e. The Morgan fingerprint density at radius 1 is 1.16 bits per heavy atom. The standard InChI is InChI=1S/C19H25FN2O2S/c1-18(2,3)17(24)21-9-7-19(8-10-21)22(11-12-25-19)16(23)14-5-4-6-15(20)13-14/h4-6,13H,7-12H2,1-3H3. The molecule has 4 nitrogen and oxygen atoms in total. The van der Waals surface area contributed by atoms with Gasteiger partial charge in [-0.05, 0) is 31.0 Å². The maximum absolute atomic E-state index is 13.5. The van der Waals surface area contributed by atoms with E-state index in [9.17, 15) is 14.0 Å². The van der Waals surface area contributed by atoms with Gasteiger partial charge in [-0.2, -0.15) is 0 Å². The van der Waals surface area contributed by atoms with E-state index < -0.39 is 5.82 Å². The molecule has 1 spiro atoms. The summed E-state index contributed by atoms with van der Waals surface area (Å²) in [7, 11) is 0. The highest BCUT2D eigenvalue weighted by atomic mass is 32.2. The molecule has 0 N–H and O–H groups in total. The van der Waals surface area contributed by atoms with Crippen molar-refractivity contribution < 1.29 is 14.0 Å². The minimum atomic E-state index is -0.391. The molecular weight excluding hydrogens is 339 g/mol. The molecule has 2 aliphatic heterocycles. The van der Waals surface area contributed by atoms with E-state index in [1.54, 1.807) is 23.9 Å². The highest BCUT2D eigenvalue weighted by molar-refractivity contribution is 8.00. The summed E-state index contributed by atoms with van der Waals surface area (Å²) in [6, 6.07) is 5.89. The van der Waals surface area contributed by atoms with Gasteiger partial charge in [0.25, 0.3) is 5.91 Å². The molecule has 2 fully saturated rings. The minimum absolute atomic E-state index is 0.111. The molecule has 0 saturated carbocycles. The van der Waals surface area contributed by atoms with Crippen LogP contribution in [0.3, 0.4) is 0 Å². The summed E-state index contributed by atoms with van der Waals surface area (Å²) in [6.45, 7) is 7.80. The molecule has 0 atom stereocenters. The molecule has 2 amide bonds. The van der Waals surface area contributed by atoms with Crippen LogP contribution in [0.15, 0.2) is 24.3 Å². The van der Waals surface area contributed by atoms with E-state index in [4.69, 9.17) is 0 Å². The predicted octanol–water partition coefficient (Wildman–Crippen LogP) is 3.38.